The summed E-state index contributed by atoms with van der Waals surface area (Å²) in [4.78, 5) is 0.393. The minimum atomic E-state index is -3.39. The number of nitrogens with one attached hydrogen (secondary N) is 2. The second kappa shape index (κ2) is 8.39. The molecule has 5 heteroatoms. The lowest BCUT2D eigenvalue weighted by Crippen LogP contribution is -2.25. The second-order valence-electron chi connectivity index (χ2n) is 5.03. The maximum absolute atomic E-state index is 12.3. The molecule has 4 nitrogen and oxygen atoms in total. The first kappa shape index (κ1) is 17.1. The lowest BCUT2D eigenvalue weighted by molar-refractivity contribution is 0.577. The third kappa shape index (κ3) is 5.23. The van der Waals surface area contributed by atoms with Gasteiger partial charge in [0, 0.05) is 13.1 Å². The largest absolute Gasteiger partial charge is 0.313 e. The van der Waals surface area contributed by atoms with Crippen LogP contribution in [0.3, 0.4) is 0 Å². The van der Waals surface area contributed by atoms with Crippen molar-refractivity contribution in [2.24, 2.45) is 0 Å². The molecule has 20 heavy (non-hydrogen) atoms. The van der Waals surface area contributed by atoms with Crippen molar-refractivity contribution in [1.82, 2.24) is 10.0 Å². The van der Waals surface area contributed by atoms with Gasteiger partial charge in [-0.3, -0.25) is 0 Å². The molecular weight excluding hydrogens is 272 g/mol. The average Bonchev–Trinajstić information content (AvgIpc) is 2.41. The second-order valence-corrected chi connectivity index (χ2v) is 6.76. The lowest BCUT2D eigenvalue weighted by Gasteiger charge is -2.11. The van der Waals surface area contributed by atoms with Gasteiger partial charge in [0.1, 0.15) is 0 Å². The Kier molecular flexibility index (Phi) is 7.19. The first-order valence-electron chi connectivity index (χ1n) is 7.31. The molecule has 0 radical (unpaired) electrons. The fourth-order valence-corrected chi connectivity index (χ4v) is 3.28. The lowest BCUT2D eigenvalue weighted by atomic mass is 10.1. The highest BCUT2D eigenvalue weighted by Gasteiger charge is 2.16. The quantitative estimate of drug-likeness (QED) is 0.689. The fraction of sp³-hybridized carbons (Fsp3) is 0.600. The van der Waals surface area contributed by atoms with Gasteiger partial charge < -0.3 is 5.32 Å². The number of rotatable bonds is 9. The van der Waals surface area contributed by atoms with Gasteiger partial charge in [0.05, 0.1) is 4.90 Å². The highest BCUT2D eigenvalue weighted by molar-refractivity contribution is 7.89. The smallest absolute Gasteiger partial charge is 0.240 e. The summed E-state index contributed by atoms with van der Waals surface area (Å²) in [6, 6.07) is 5.62. The van der Waals surface area contributed by atoms with E-state index in [-0.39, 0.29) is 0 Å². The van der Waals surface area contributed by atoms with Gasteiger partial charge in [0.25, 0.3) is 0 Å². The predicted molar refractivity (Wildman–Crippen MR) is 83.3 cm³/mol. The molecule has 0 atom stereocenters. The van der Waals surface area contributed by atoms with Crippen LogP contribution in [0, 0.1) is 6.92 Å². The zero-order chi connectivity index (χ0) is 15.0. The zero-order valence-corrected chi connectivity index (χ0v) is 13.5. The average molecular weight is 298 g/mol. The van der Waals surface area contributed by atoms with Crippen LogP contribution in [0.25, 0.3) is 0 Å². The molecule has 0 saturated heterocycles. The van der Waals surface area contributed by atoms with Gasteiger partial charge in [0.2, 0.25) is 10.0 Å². The van der Waals surface area contributed by atoms with Crippen molar-refractivity contribution in [3.8, 4) is 0 Å². The van der Waals surface area contributed by atoms with Crippen LogP contribution in [-0.4, -0.2) is 21.5 Å². The number of aryl methyl sites for hydroxylation is 1. The van der Waals surface area contributed by atoms with Crippen LogP contribution in [0.1, 0.15) is 44.2 Å². The van der Waals surface area contributed by atoms with Crippen LogP contribution in [0.2, 0.25) is 0 Å². The Labute approximate surface area is 123 Å². The summed E-state index contributed by atoms with van der Waals surface area (Å²) < 4.78 is 27.2. The van der Waals surface area contributed by atoms with Gasteiger partial charge in [-0.25, -0.2) is 13.1 Å². The van der Waals surface area contributed by atoms with E-state index in [0.29, 0.717) is 18.0 Å². The van der Waals surface area contributed by atoms with Gasteiger partial charge in [-0.05, 0) is 43.5 Å². The number of benzene rings is 1. The van der Waals surface area contributed by atoms with Gasteiger partial charge in [-0.2, -0.15) is 0 Å². The molecule has 0 unspecified atom stereocenters. The first-order valence-corrected chi connectivity index (χ1v) is 8.79. The van der Waals surface area contributed by atoms with Crippen molar-refractivity contribution in [3.05, 3.63) is 29.3 Å². The molecule has 1 aromatic rings. The van der Waals surface area contributed by atoms with E-state index in [0.717, 1.165) is 36.9 Å². The summed E-state index contributed by atoms with van der Waals surface area (Å²) >= 11 is 0. The van der Waals surface area contributed by atoms with Crippen LogP contribution in [0.15, 0.2) is 23.1 Å². The summed E-state index contributed by atoms with van der Waals surface area (Å²) in [5.74, 6) is 0. The molecule has 0 aliphatic rings. The van der Waals surface area contributed by atoms with Gasteiger partial charge in [-0.15, -0.1) is 0 Å². The predicted octanol–water partition coefficient (Wildman–Crippen LogP) is 2.57. The van der Waals surface area contributed by atoms with Crippen molar-refractivity contribution < 1.29 is 8.42 Å². The zero-order valence-electron chi connectivity index (χ0n) is 12.7. The van der Waals surface area contributed by atoms with Crippen LogP contribution in [0.5, 0.6) is 0 Å². The fourth-order valence-electron chi connectivity index (χ4n) is 1.91. The van der Waals surface area contributed by atoms with E-state index in [2.05, 4.69) is 17.0 Å². The van der Waals surface area contributed by atoms with E-state index < -0.39 is 10.0 Å². The molecule has 0 aliphatic carbocycles. The van der Waals surface area contributed by atoms with E-state index >= 15 is 0 Å². The molecule has 0 aliphatic heterocycles. The van der Waals surface area contributed by atoms with Crippen molar-refractivity contribution in [2.75, 3.05) is 13.1 Å². The van der Waals surface area contributed by atoms with Gasteiger partial charge in [0.15, 0.2) is 0 Å². The molecule has 0 fully saturated rings. The molecule has 0 bridgehead atoms. The molecule has 2 N–H and O–H groups in total. The molecule has 0 heterocycles. The van der Waals surface area contributed by atoms with Crippen LogP contribution in [-0.2, 0) is 16.6 Å². The Hall–Kier alpha value is -0.910. The van der Waals surface area contributed by atoms with Gasteiger partial charge in [-0.1, -0.05) is 32.4 Å². The highest BCUT2D eigenvalue weighted by atomic mass is 32.2. The van der Waals surface area contributed by atoms with E-state index in [1.165, 1.54) is 0 Å². The molecule has 1 aromatic carbocycles. The first-order chi connectivity index (χ1) is 9.51. The topological polar surface area (TPSA) is 58.2 Å². The monoisotopic (exact) mass is 298 g/mol. The summed E-state index contributed by atoms with van der Waals surface area (Å²) in [5, 5.41) is 3.29. The molecule has 0 aromatic heterocycles. The van der Waals surface area contributed by atoms with Crippen molar-refractivity contribution in [1.29, 1.82) is 0 Å². The Morgan fingerprint density at radius 1 is 1.10 bits per heavy atom. The molecular formula is C15H26N2O2S. The standard InChI is InChI=1S/C15H26N2O2S/c1-4-6-10-17-20(18,19)15-11-14(8-7-13(15)3)12-16-9-5-2/h7-8,11,16-17H,4-6,9-10,12H2,1-3H3. The summed E-state index contributed by atoms with van der Waals surface area (Å²) in [7, 11) is -3.39. The maximum atomic E-state index is 12.3. The van der Waals surface area contributed by atoms with E-state index in [9.17, 15) is 8.42 Å². The SMILES string of the molecule is CCCCNS(=O)(=O)c1cc(CNCCC)ccc1C. The molecule has 0 saturated carbocycles. The van der Waals surface area contributed by atoms with E-state index in [4.69, 9.17) is 0 Å². The molecule has 0 spiro atoms. The third-order valence-corrected chi connectivity index (χ3v) is 4.72. The Morgan fingerprint density at radius 3 is 2.50 bits per heavy atom. The Morgan fingerprint density at radius 2 is 1.85 bits per heavy atom. The minimum absolute atomic E-state index is 0.393. The third-order valence-electron chi connectivity index (χ3n) is 3.12. The number of hydrogen-bond acceptors (Lipinski definition) is 3. The summed E-state index contributed by atoms with van der Waals surface area (Å²) in [6.07, 6.45) is 2.90. The van der Waals surface area contributed by atoms with Crippen LogP contribution in [0.4, 0.5) is 0 Å². The Bertz CT molecular complexity index is 513. The number of sulfonamides is 1. The summed E-state index contributed by atoms with van der Waals surface area (Å²) in [6.45, 7) is 8.11. The van der Waals surface area contributed by atoms with Gasteiger partial charge >= 0.3 is 0 Å². The normalized spacial score (nSPS) is 11.8. The van der Waals surface area contributed by atoms with Crippen molar-refractivity contribution in [3.63, 3.8) is 0 Å². The number of hydrogen-bond donors (Lipinski definition) is 2. The van der Waals surface area contributed by atoms with Crippen LogP contribution >= 0.6 is 0 Å². The Balaban J connectivity index is 2.84. The maximum Gasteiger partial charge on any atom is 0.240 e. The minimum Gasteiger partial charge on any atom is -0.313 e. The molecule has 1 rings (SSSR count). The highest BCUT2D eigenvalue weighted by Crippen LogP contribution is 2.17. The van der Waals surface area contributed by atoms with E-state index in [1.807, 2.05) is 26.0 Å². The molecule has 0 amide bonds. The molecule has 114 valence electrons. The van der Waals surface area contributed by atoms with E-state index in [1.54, 1.807) is 6.07 Å². The van der Waals surface area contributed by atoms with Crippen LogP contribution < -0.4 is 10.0 Å². The van der Waals surface area contributed by atoms with Crippen molar-refractivity contribution >= 4 is 10.0 Å². The number of unbranched alkanes of at least 4 members (excludes halogenated alkanes) is 1. The summed E-state index contributed by atoms with van der Waals surface area (Å²) in [5.41, 5.74) is 1.79. The van der Waals surface area contributed by atoms with Crippen molar-refractivity contribution in [2.45, 2.75) is 51.5 Å².